The molecule has 0 saturated carbocycles. The monoisotopic (exact) mass is 279 g/mol. The van der Waals surface area contributed by atoms with E-state index < -0.39 is 6.36 Å². The van der Waals surface area contributed by atoms with Gasteiger partial charge in [0.05, 0.1) is 11.1 Å². The molecule has 1 aromatic carbocycles. The van der Waals surface area contributed by atoms with Crippen molar-refractivity contribution in [3.05, 3.63) is 65.4 Å². The SMILES string of the molecule is [N-]=[N+]=C(c1ccncc1)c1ccc(OC(F)(F)F)cc1. The lowest BCUT2D eigenvalue weighted by atomic mass is 10.0. The molecule has 1 aromatic heterocycles. The molecule has 0 aliphatic heterocycles. The van der Waals surface area contributed by atoms with E-state index in [1.165, 1.54) is 24.5 Å². The van der Waals surface area contributed by atoms with Crippen molar-refractivity contribution in [3.63, 3.8) is 0 Å². The molecule has 0 spiro atoms. The smallest absolute Gasteiger partial charge is 0.406 e. The zero-order valence-electron chi connectivity index (χ0n) is 10.0. The molecule has 0 radical (unpaired) electrons. The average Bonchev–Trinajstić information content (AvgIpc) is 2.41. The Kier molecular flexibility index (Phi) is 3.81. The van der Waals surface area contributed by atoms with Crippen molar-refractivity contribution in [1.82, 2.24) is 4.98 Å². The summed E-state index contributed by atoms with van der Waals surface area (Å²) in [6, 6.07) is 8.28. The average molecular weight is 279 g/mol. The highest BCUT2D eigenvalue weighted by atomic mass is 19.4. The van der Waals surface area contributed by atoms with Gasteiger partial charge in [-0.05, 0) is 36.4 Å². The molecule has 0 aliphatic rings. The fraction of sp³-hybridized carbons (Fsp3) is 0.0769. The minimum Gasteiger partial charge on any atom is -0.406 e. The quantitative estimate of drug-likeness (QED) is 0.492. The highest BCUT2D eigenvalue weighted by molar-refractivity contribution is 6.09. The van der Waals surface area contributed by atoms with E-state index in [9.17, 15) is 13.2 Å². The molecule has 102 valence electrons. The van der Waals surface area contributed by atoms with Gasteiger partial charge < -0.3 is 10.3 Å². The second kappa shape index (κ2) is 5.54. The normalized spacial score (nSPS) is 10.8. The first kappa shape index (κ1) is 13.8. The van der Waals surface area contributed by atoms with Gasteiger partial charge in [0, 0.05) is 12.4 Å². The Morgan fingerprint density at radius 1 is 1.00 bits per heavy atom. The van der Waals surface area contributed by atoms with E-state index >= 15 is 0 Å². The van der Waals surface area contributed by atoms with E-state index in [2.05, 4.69) is 14.5 Å². The summed E-state index contributed by atoms with van der Waals surface area (Å²) in [5.41, 5.74) is 10.3. The first-order chi connectivity index (χ1) is 9.49. The van der Waals surface area contributed by atoms with E-state index in [0.717, 1.165) is 12.1 Å². The molecule has 0 atom stereocenters. The molecular weight excluding hydrogens is 271 g/mol. The van der Waals surface area contributed by atoms with Crippen molar-refractivity contribution >= 4 is 5.71 Å². The summed E-state index contributed by atoms with van der Waals surface area (Å²) in [6.45, 7) is 0. The predicted molar refractivity (Wildman–Crippen MR) is 64.2 cm³/mol. The van der Waals surface area contributed by atoms with Crippen LogP contribution >= 0.6 is 0 Å². The van der Waals surface area contributed by atoms with Crippen LogP contribution in [-0.4, -0.2) is 21.8 Å². The second-order valence-electron chi connectivity index (χ2n) is 3.76. The Morgan fingerprint density at radius 3 is 2.05 bits per heavy atom. The van der Waals surface area contributed by atoms with Gasteiger partial charge >= 0.3 is 12.1 Å². The third-order valence-electron chi connectivity index (χ3n) is 2.42. The maximum Gasteiger partial charge on any atom is 0.573 e. The summed E-state index contributed by atoms with van der Waals surface area (Å²) < 4.78 is 39.9. The first-order valence-electron chi connectivity index (χ1n) is 5.48. The van der Waals surface area contributed by atoms with Gasteiger partial charge in [-0.15, -0.1) is 13.2 Å². The van der Waals surface area contributed by atoms with Gasteiger partial charge in [-0.2, -0.15) is 4.79 Å². The molecule has 2 aromatic rings. The summed E-state index contributed by atoms with van der Waals surface area (Å²) >= 11 is 0. The lowest BCUT2D eigenvalue weighted by molar-refractivity contribution is -0.274. The zero-order valence-corrected chi connectivity index (χ0v) is 10.0. The third kappa shape index (κ3) is 3.43. The largest absolute Gasteiger partial charge is 0.573 e. The van der Waals surface area contributed by atoms with Crippen molar-refractivity contribution < 1.29 is 22.7 Å². The Morgan fingerprint density at radius 2 is 1.55 bits per heavy atom. The van der Waals surface area contributed by atoms with Crippen molar-refractivity contribution in [3.8, 4) is 5.75 Å². The Hall–Kier alpha value is -2.66. The van der Waals surface area contributed by atoms with Crippen LogP contribution in [0.1, 0.15) is 11.1 Å². The zero-order chi connectivity index (χ0) is 14.6. The summed E-state index contributed by atoms with van der Waals surface area (Å²) in [6.07, 6.45) is -1.70. The molecule has 0 saturated heterocycles. The van der Waals surface area contributed by atoms with Crippen LogP contribution in [0, 0.1) is 0 Å². The van der Waals surface area contributed by atoms with Crippen molar-refractivity contribution in [2.24, 2.45) is 0 Å². The highest BCUT2D eigenvalue weighted by Crippen LogP contribution is 2.23. The van der Waals surface area contributed by atoms with Gasteiger partial charge in [-0.25, -0.2) is 0 Å². The Bertz CT molecular complexity index is 632. The molecule has 0 unspecified atom stereocenters. The van der Waals surface area contributed by atoms with E-state index in [4.69, 9.17) is 5.53 Å². The Balaban J connectivity index is 2.28. The van der Waals surface area contributed by atoms with Gasteiger partial charge in [-0.3, -0.25) is 4.98 Å². The highest BCUT2D eigenvalue weighted by Gasteiger charge is 2.31. The first-order valence-corrected chi connectivity index (χ1v) is 5.48. The van der Waals surface area contributed by atoms with E-state index in [-0.39, 0.29) is 11.5 Å². The van der Waals surface area contributed by atoms with E-state index in [0.29, 0.717) is 11.1 Å². The van der Waals surface area contributed by atoms with Crippen molar-refractivity contribution in [2.75, 3.05) is 0 Å². The van der Waals surface area contributed by atoms with Crippen molar-refractivity contribution in [2.45, 2.75) is 6.36 Å². The molecule has 2 rings (SSSR count). The van der Waals surface area contributed by atoms with Gasteiger partial charge in [-0.1, -0.05) is 0 Å². The molecule has 0 bridgehead atoms. The summed E-state index contributed by atoms with van der Waals surface area (Å²) in [5.74, 6) is -0.340. The number of pyridine rings is 1. The topological polar surface area (TPSA) is 58.5 Å². The number of rotatable bonds is 3. The molecule has 20 heavy (non-hydrogen) atoms. The maximum atomic E-state index is 12.0. The summed E-state index contributed by atoms with van der Waals surface area (Å²) in [4.78, 5) is 6.99. The molecule has 4 nitrogen and oxygen atoms in total. The van der Waals surface area contributed by atoms with E-state index in [1.807, 2.05) is 0 Å². The molecule has 1 heterocycles. The molecule has 0 amide bonds. The Labute approximate surface area is 112 Å². The third-order valence-corrected chi connectivity index (χ3v) is 2.42. The predicted octanol–water partition coefficient (Wildman–Crippen LogP) is 3.05. The molecule has 0 N–H and O–H groups in total. The van der Waals surface area contributed by atoms with Gasteiger partial charge in [0.25, 0.3) is 0 Å². The number of hydrogen-bond donors (Lipinski definition) is 0. The number of alkyl halides is 3. The standard InChI is InChI=1S/C13H8F3N3O/c14-13(15,16)20-11-3-1-9(2-4-11)12(19-17)10-5-7-18-8-6-10/h1-8H. The number of halogens is 3. The minimum atomic E-state index is -4.74. The van der Waals surface area contributed by atoms with Crippen LogP contribution in [0.3, 0.4) is 0 Å². The lowest BCUT2D eigenvalue weighted by Gasteiger charge is -2.08. The lowest BCUT2D eigenvalue weighted by Crippen LogP contribution is -2.17. The second-order valence-corrected chi connectivity index (χ2v) is 3.76. The van der Waals surface area contributed by atoms with Crippen LogP contribution in [0.15, 0.2) is 48.8 Å². The van der Waals surface area contributed by atoms with Gasteiger partial charge in [0.2, 0.25) is 0 Å². The van der Waals surface area contributed by atoms with Crippen LogP contribution in [0.5, 0.6) is 5.75 Å². The fourth-order valence-electron chi connectivity index (χ4n) is 1.61. The number of hydrogen-bond acceptors (Lipinski definition) is 2. The number of nitrogens with zero attached hydrogens (tertiary/aromatic N) is 3. The minimum absolute atomic E-state index is 0.228. The summed E-state index contributed by atoms with van der Waals surface area (Å²) in [5, 5.41) is 0. The van der Waals surface area contributed by atoms with Crippen LogP contribution < -0.4 is 4.74 Å². The summed E-state index contributed by atoms with van der Waals surface area (Å²) in [7, 11) is 0. The maximum absolute atomic E-state index is 12.0. The van der Waals surface area contributed by atoms with E-state index in [1.54, 1.807) is 12.1 Å². The van der Waals surface area contributed by atoms with Crippen LogP contribution in [0.25, 0.3) is 5.53 Å². The van der Waals surface area contributed by atoms with Crippen molar-refractivity contribution in [1.29, 1.82) is 0 Å². The fourth-order valence-corrected chi connectivity index (χ4v) is 1.61. The molecular formula is C13H8F3N3O. The number of ether oxygens (including phenoxy) is 1. The molecule has 7 heteroatoms. The van der Waals surface area contributed by atoms with Crippen LogP contribution in [0.2, 0.25) is 0 Å². The number of aromatic nitrogens is 1. The molecule has 0 aliphatic carbocycles. The van der Waals surface area contributed by atoms with Crippen LogP contribution in [0.4, 0.5) is 13.2 Å². The molecule has 0 fully saturated rings. The van der Waals surface area contributed by atoms with Gasteiger partial charge in [0.1, 0.15) is 5.75 Å². The number of benzene rings is 1. The van der Waals surface area contributed by atoms with Crippen LogP contribution in [-0.2, 0) is 0 Å². The van der Waals surface area contributed by atoms with Gasteiger partial charge in [0.15, 0.2) is 0 Å².